The number of fused-ring (bicyclic) bond motifs is 1. The van der Waals surface area contributed by atoms with Crippen molar-refractivity contribution in [3.8, 4) is 5.75 Å². The van der Waals surface area contributed by atoms with Gasteiger partial charge in [-0.15, -0.1) is 0 Å². The second-order valence-electron chi connectivity index (χ2n) is 5.31. The van der Waals surface area contributed by atoms with Crippen LogP contribution in [0.3, 0.4) is 0 Å². The molecule has 0 bridgehead atoms. The summed E-state index contributed by atoms with van der Waals surface area (Å²) >= 11 is 3.53. The first-order valence-corrected chi connectivity index (χ1v) is 7.71. The van der Waals surface area contributed by atoms with E-state index in [2.05, 4.69) is 39.2 Å². The lowest BCUT2D eigenvalue weighted by molar-refractivity contribution is 0.214. The molecule has 1 aliphatic carbocycles. The topological polar surface area (TPSA) is 38.5 Å². The van der Waals surface area contributed by atoms with Gasteiger partial charge >= 0.3 is 0 Å². The highest BCUT2D eigenvalue weighted by atomic mass is 79.9. The van der Waals surface area contributed by atoms with E-state index in [-0.39, 0.29) is 6.17 Å². The van der Waals surface area contributed by atoms with Crippen LogP contribution >= 0.6 is 15.9 Å². The summed E-state index contributed by atoms with van der Waals surface area (Å²) in [6.07, 6.45) is 9.29. The third-order valence-electron chi connectivity index (χ3n) is 4.12. The molecule has 4 heteroatoms. The lowest BCUT2D eigenvalue weighted by atomic mass is 9.86. The normalized spacial score (nSPS) is 25.1. The van der Waals surface area contributed by atoms with Gasteiger partial charge in [-0.2, -0.15) is 0 Å². The van der Waals surface area contributed by atoms with Gasteiger partial charge in [0.25, 0.3) is 0 Å². The van der Waals surface area contributed by atoms with E-state index in [1.807, 2.05) is 18.2 Å². The smallest absolute Gasteiger partial charge is 0.122 e. The highest BCUT2D eigenvalue weighted by Crippen LogP contribution is 2.32. The Balaban J connectivity index is 1.84. The number of nitrogens with two attached hydrogens (primary N) is 1. The van der Waals surface area contributed by atoms with Crippen molar-refractivity contribution in [3.63, 3.8) is 0 Å². The van der Waals surface area contributed by atoms with Gasteiger partial charge < -0.3 is 15.4 Å². The summed E-state index contributed by atoms with van der Waals surface area (Å²) in [5.41, 5.74) is 8.94. The Morgan fingerprint density at radius 1 is 1.40 bits per heavy atom. The Morgan fingerprint density at radius 2 is 2.25 bits per heavy atom. The van der Waals surface area contributed by atoms with Crippen molar-refractivity contribution < 1.29 is 4.74 Å². The van der Waals surface area contributed by atoms with Crippen molar-refractivity contribution >= 4 is 15.9 Å². The van der Waals surface area contributed by atoms with E-state index in [1.165, 1.54) is 11.1 Å². The number of benzene rings is 1. The molecule has 2 aliphatic rings. The first kappa shape index (κ1) is 13.7. The van der Waals surface area contributed by atoms with Gasteiger partial charge in [0, 0.05) is 16.7 Å². The minimum atomic E-state index is -0.0338. The molecule has 0 fully saturated rings. The molecule has 3 nitrogen and oxygen atoms in total. The zero-order chi connectivity index (χ0) is 14.1. The summed E-state index contributed by atoms with van der Waals surface area (Å²) in [6.45, 7) is 0. The van der Waals surface area contributed by atoms with Crippen molar-refractivity contribution in [2.45, 2.75) is 31.5 Å². The molecule has 3 rings (SSSR count). The molecule has 1 aromatic rings. The summed E-state index contributed by atoms with van der Waals surface area (Å²) in [4.78, 5) is 2.26. The molecule has 1 aliphatic heterocycles. The first-order valence-electron chi connectivity index (χ1n) is 6.92. The third-order valence-corrected chi connectivity index (χ3v) is 4.59. The number of methoxy groups -OCH3 is 1. The highest BCUT2D eigenvalue weighted by Gasteiger charge is 2.27. The van der Waals surface area contributed by atoms with Crippen LogP contribution in [-0.4, -0.2) is 24.2 Å². The fourth-order valence-corrected chi connectivity index (χ4v) is 3.50. The average molecular weight is 335 g/mol. The average Bonchev–Trinajstić information content (AvgIpc) is 2.48. The van der Waals surface area contributed by atoms with Crippen molar-refractivity contribution in [2.75, 3.05) is 7.11 Å². The number of ether oxygens (including phenoxy) is 1. The molecular formula is C16H19BrN2O. The summed E-state index contributed by atoms with van der Waals surface area (Å²) in [7, 11) is 1.74. The Morgan fingerprint density at radius 3 is 3.05 bits per heavy atom. The van der Waals surface area contributed by atoms with Crippen LogP contribution in [0.1, 0.15) is 17.5 Å². The monoisotopic (exact) mass is 334 g/mol. The zero-order valence-electron chi connectivity index (χ0n) is 11.6. The van der Waals surface area contributed by atoms with E-state index >= 15 is 0 Å². The van der Waals surface area contributed by atoms with Crippen LogP contribution in [0.4, 0.5) is 0 Å². The predicted octanol–water partition coefficient (Wildman–Crippen LogP) is 2.95. The summed E-state index contributed by atoms with van der Waals surface area (Å²) in [5.74, 6) is 1.01. The quantitative estimate of drug-likeness (QED) is 0.903. The molecule has 0 saturated carbocycles. The molecule has 1 aromatic carbocycles. The van der Waals surface area contributed by atoms with Crippen LogP contribution < -0.4 is 10.5 Å². The Labute approximate surface area is 128 Å². The number of hydrogen-bond donors (Lipinski definition) is 1. The third kappa shape index (κ3) is 2.50. The predicted molar refractivity (Wildman–Crippen MR) is 84.8 cm³/mol. The minimum absolute atomic E-state index is 0.0338. The van der Waals surface area contributed by atoms with E-state index in [9.17, 15) is 0 Å². The van der Waals surface area contributed by atoms with E-state index in [0.717, 1.165) is 29.5 Å². The Bertz CT molecular complexity index is 568. The standard InChI is InChI=1S/C16H19BrN2O/c1-20-15-4-2-3-11-9-13(6-7-14(11)15)19-10-12(17)5-8-16(19)18/h2-5,8,10,13,16H,6-7,9,18H2,1H3. The number of allylic oxidation sites excluding steroid dienone is 2. The number of hydrogen-bond acceptors (Lipinski definition) is 3. The van der Waals surface area contributed by atoms with Gasteiger partial charge in [0.15, 0.2) is 0 Å². The van der Waals surface area contributed by atoms with Gasteiger partial charge in [-0.3, -0.25) is 0 Å². The first-order chi connectivity index (χ1) is 9.69. The molecule has 0 saturated heterocycles. The van der Waals surface area contributed by atoms with E-state index < -0.39 is 0 Å². The maximum Gasteiger partial charge on any atom is 0.122 e. The summed E-state index contributed by atoms with van der Waals surface area (Å²) in [6, 6.07) is 6.77. The van der Waals surface area contributed by atoms with Gasteiger partial charge in [0.2, 0.25) is 0 Å². The van der Waals surface area contributed by atoms with Crippen LogP contribution in [0.2, 0.25) is 0 Å². The van der Waals surface area contributed by atoms with Crippen LogP contribution in [0.25, 0.3) is 0 Å². The number of halogens is 1. The molecule has 0 spiro atoms. The van der Waals surface area contributed by atoms with Gasteiger partial charge in [-0.05, 0) is 64.5 Å². The van der Waals surface area contributed by atoms with Gasteiger partial charge in [0.1, 0.15) is 5.75 Å². The Kier molecular flexibility index (Phi) is 3.85. The van der Waals surface area contributed by atoms with E-state index in [1.54, 1.807) is 7.11 Å². The summed E-state index contributed by atoms with van der Waals surface area (Å²) < 4.78 is 6.54. The van der Waals surface area contributed by atoms with Gasteiger partial charge in [-0.1, -0.05) is 12.1 Å². The molecule has 2 atom stereocenters. The molecule has 1 heterocycles. The maximum atomic E-state index is 6.20. The molecule has 2 unspecified atom stereocenters. The highest BCUT2D eigenvalue weighted by molar-refractivity contribution is 9.11. The number of rotatable bonds is 2. The SMILES string of the molecule is COc1cccc2c1CCC(N1C=C(Br)C=CC1N)C2. The second kappa shape index (κ2) is 5.62. The van der Waals surface area contributed by atoms with Crippen molar-refractivity contribution in [1.29, 1.82) is 0 Å². The molecule has 2 N–H and O–H groups in total. The fourth-order valence-electron chi connectivity index (χ4n) is 3.11. The second-order valence-corrected chi connectivity index (χ2v) is 6.22. The minimum Gasteiger partial charge on any atom is -0.496 e. The van der Waals surface area contributed by atoms with Crippen molar-refractivity contribution in [1.82, 2.24) is 4.90 Å². The van der Waals surface area contributed by atoms with Crippen molar-refractivity contribution in [3.05, 3.63) is 52.2 Å². The molecule has 0 aromatic heterocycles. The van der Waals surface area contributed by atoms with Gasteiger partial charge in [-0.25, -0.2) is 0 Å². The van der Waals surface area contributed by atoms with Crippen LogP contribution in [0, 0.1) is 0 Å². The fraction of sp³-hybridized carbons (Fsp3) is 0.375. The van der Waals surface area contributed by atoms with Crippen LogP contribution in [0.15, 0.2) is 41.0 Å². The zero-order valence-corrected chi connectivity index (χ0v) is 13.1. The van der Waals surface area contributed by atoms with Crippen molar-refractivity contribution in [2.24, 2.45) is 5.73 Å². The molecular weight excluding hydrogens is 316 g/mol. The van der Waals surface area contributed by atoms with E-state index in [0.29, 0.717) is 6.04 Å². The largest absolute Gasteiger partial charge is 0.496 e. The molecule has 20 heavy (non-hydrogen) atoms. The molecule has 106 valence electrons. The van der Waals surface area contributed by atoms with Crippen LogP contribution in [0.5, 0.6) is 5.75 Å². The van der Waals surface area contributed by atoms with Gasteiger partial charge in [0.05, 0.1) is 13.3 Å². The lowest BCUT2D eigenvalue weighted by Crippen LogP contribution is -2.47. The maximum absolute atomic E-state index is 6.20. The van der Waals surface area contributed by atoms with E-state index in [4.69, 9.17) is 10.5 Å². The lowest BCUT2D eigenvalue weighted by Gasteiger charge is -2.39. The van der Waals surface area contributed by atoms with Crippen LogP contribution in [-0.2, 0) is 12.8 Å². The summed E-state index contributed by atoms with van der Waals surface area (Å²) in [5, 5.41) is 0. The molecule has 0 radical (unpaired) electrons. The number of nitrogens with zero attached hydrogens (tertiary/aromatic N) is 1. The molecule has 0 amide bonds. The Hall–Kier alpha value is -1.26.